The molecule has 3 heterocycles. The van der Waals surface area contributed by atoms with Gasteiger partial charge in [0.25, 0.3) is 0 Å². The molecule has 30 heavy (non-hydrogen) atoms. The first-order valence-electron chi connectivity index (χ1n) is 9.40. The van der Waals surface area contributed by atoms with E-state index in [0.29, 0.717) is 10.3 Å². The number of rotatable bonds is 5. The van der Waals surface area contributed by atoms with Crippen LogP contribution in [0.2, 0.25) is 0 Å². The Morgan fingerprint density at radius 2 is 1.83 bits per heavy atom. The minimum Gasteiger partial charge on any atom is -0.301 e. The number of amides is 1. The van der Waals surface area contributed by atoms with E-state index >= 15 is 0 Å². The van der Waals surface area contributed by atoms with Gasteiger partial charge in [0.15, 0.2) is 15.9 Å². The zero-order valence-corrected chi connectivity index (χ0v) is 17.7. The third-order valence-electron chi connectivity index (χ3n) is 4.70. The number of nitrogens with one attached hydrogen (secondary N) is 1. The Hall–Kier alpha value is -3.23. The lowest BCUT2D eigenvalue weighted by Crippen LogP contribution is -2.22. The Kier molecular flexibility index (Phi) is 4.94. The largest absolute Gasteiger partial charge is 0.301 e. The number of anilines is 1. The third kappa shape index (κ3) is 3.55. The summed E-state index contributed by atoms with van der Waals surface area (Å²) in [6.45, 7) is 1.86. The van der Waals surface area contributed by atoms with E-state index in [1.54, 1.807) is 0 Å². The molecule has 3 aromatic heterocycles. The average Bonchev–Trinajstić information content (AvgIpc) is 3.42. The van der Waals surface area contributed by atoms with E-state index in [1.165, 1.54) is 23.1 Å². The first kappa shape index (κ1) is 18.8. The van der Waals surface area contributed by atoms with Crippen molar-refractivity contribution in [2.75, 3.05) is 5.32 Å². The van der Waals surface area contributed by atoms with Gasteiger partial charge in [-0.25, -0.2) is 4.98 Å². The molecule has 2 aromatic carbocycles. The lowest BCUT2D eigenvalue weighted by molar-refractivity contribution is -0.115. The molecule has 0 bridgehead atoms. The van der Waals surface area contributed by atoms with E-state index in [2.05, 4.69) is 20.5 Å². The Balaban J connectivity index is 1.35. The number of thioether (sulfide) groups is 1. The summed E-state index contributed by atoms with van der Waals surface area (Å²) in [6, 6.07) is 21.9. The molecular weight excluding hydrogens is 414 g/mol. The Bertz CT molecular complexity index is 1350. The second kappa shape index (κ2) is 7.89. The van der Waals surface area contributed by atoms with Gasteiger partial charge in [0.2, 0.25) is 5.91 Å². The molecule has 5 aromatic rings. The van der Waals surface area contributed by atoms with Crippen molar-refractivity contribution in [2.24, 2.45) is 0 Å². The van der Waals surface area contributed by atoms with Crippen LogP contribution < -0.4 is 5.32 Å². The number of aromatic nitrogens is 4. The second-order valence-electron chi connectivity index (χ2n) is 6.72. The number of thiazole rings is 1. The molecule has 148 valence electrons. The lowest BCUT2D eigenvalue weighted by atomic mass is 10.2. The summed E-state index contributed by atoms with van der Waals surface area (Å²) < 4.78 is 1.99. The fraction of sp³-hybridized carbons (Fsp3) is 0.0909. The zero-order chi connectivity index (χ0) is 20.5. The molecule has 0 spiro atoms. The van der Waals surface area contributed by atoms with Gasteiger partial charge in [-0.2, -0.15) is 0 Å². The van der Waals surface area contributed by atoms with Crippen LogP contribution in [0.25, 0.3) is 27.8 Å². The first-order valence-corrected chi connectivity index (χ1v) is 11.2. The van der Waals surface area contributed by atoms with Gasteiger partial charge in [-0.05, 0) is 30.5 Å². The number of benzene rings is 2. The van der Waals surface area contributed by atoms with Crippen LogP contribution in [0, 0.1) is 0 Å². The summed E-state index contributed by atoms with van der Waals surface area (Å²) in [6.07, 6.45) is 0. The summed E-state index contributed by atoms with van der Waals surface area (Å²) in [7, 11) is 0. The SMILES string of the molecule is CC(Sc1nnc2ccc3ccccc3n12)C(=O)Nc1nc(-c2ccccc2)cs1. The van der Waals surface area contributed by atoms with E-state index < -0.39 is 0 Å². The first-order chi connectivity index (χ1) is 14.7. The summed E-state index contributed by atoms with van der Waals surface area (Å²) >= 11 is 2.80. The molecule has 1 unspecified atom stereocenters. The lowest BCUT2D eigenvalue weighted by Gasteiger charge is -2.10. The molecule has 1 atom stereocenters. The van der Waals surface area contributed by atoms with Crippen molar-refractivity contribution < 1.29 is 4.79 Å². The van der Waals surface area contributed by atoms with Crippen LogP contribution in [-0.2, 0) is 4.79 Å². The van der Waals surface area contributed by atoms with Gasteiger partial charge in [-0.3, -0.25) is 9.20 Å². The number of fused-ring (bicyclic) bond motifs is 3. The van der Waals surface area contributed by atoms with Gasteiger partial charge in [-0.1, -0.05) is 60.3 Å². The van der Waals surface area contributed by atoms with Crippen LogP contribution in [0.3, 0.4) is 0 Å². The van der Waals surface area contributed by atoms with Gasteiger partial charge < -0.3 is 5.32 Å². The van der Waals surface area contributed by atoms with Gasteiger partial charge >= 0.3 is 0 Å². The van der Waals surface area contributed by atoms with Crippen molar-refractivity contribution in [3.05, 3.63) is 72.1 Å². The van der Waals surface area contributed by atoms with Gasteiger partial charge in [0.1, 0.15) is 0 Å². The molecule has 8 heteroatoms. The van der Waals surface area contributed by atoms with Crippen LogP contribution in [0.5, 0.6) is 0 Å². The molecule has 0 saturated heterocycles. The van der Waals surface area contributed by atoms with Gasteiger partial charge in [0.05, 0.1) is 16.5 Å². The standard InChI is InChI=1S/C22H17N5OS2/c1-14(20(28)24-21-23-17(13-29-21)15-7-3-2-4-8-15)30-22-26-25-19-12-11-16-9-5-6-10-18(16)27(19)22/h2-14H,1H3,(H,23,24,28). The molecule has 0 aliphatic heterocycles. The summed E-state index contributed by atoms with van der Waals surface area (Å²) in [5.41, 5.74) is 3.66. The molecular formula is C22H17N5OS2. The quantitative estimate of drug-likeness (QED) is 0.391. The molecule has 6 nitrogen and oxygen atoms in total. The van der Waals surface area contributed by atoms with Crippen LogP contribution in [0.1, 0.15) is 6.92 Å². The number of carbonyl (C=O) groups excluding carboxylic acids is 1. The van der Waals surface area contributed by atoms with Gasteiger partial charge in [-0.15, -0.1) is 21.5 Å². The van der Waals surface area contributed by atoms with E-state index in [4.69, 9.17) is 0 Å². The number of hydrogen-bond acceptors (Lipinski definition) is 6. The number of pyridine rings is 1. The Morgan fingerprint density at radius 3 is 2.70 bits per heavy atom. The molecule has 1 amide bonds. The number of para-hydroxylation sites is 1. The van der Waals surface area contributed by atoms with Crippen LogP contribution in [0.15, 0.2) is 77.3 Å². The fourth-order valence-electron chi connectivity index (χ4n) is 3.18. The molecule has 0 aliphatic carbocycles. The monoisotopic (exact) mass is 431 g/mol. The molecule has 0 radical (unpaired) electrons. The summed E-state index contributed by atoms with van der Waals surface area (Å²) in [5.74, 6) is -0.119. The van der Waals surface area contributed by atoms with E-state index in [0.717, 1.165) is 27.8 Å². The maximum Gasteiger partial charge on any atom is 0.239 e. The van der Waals surface area contributed by atoms with Crippen molar-refractivity contribution in [3.63, 3.8) is 0 Å². The molecule has 0 fully saturated rings. The second-order valence-corrected chi connectivity index (χ2v) is 8.89. The highest BCUT2D eigenvalue weighted by atomic mass is 32.2. The van der Waals surface area contributed by atoms with Crippen LogP contribution >= 0.6 is 23.1 Å². The van der Waals surface area contributed by atoms with Crippen molar-refractivity contribution >= 4 is 50.7 Å². The van der Waals surface area contributed by atoms with Crippen LogP contribution in [-0.4, -0.2) is 30.7 Å². The van der Waals surface area contributed by atoms with Crippen molar-refractivity contribution in [3.8, 4) is 11.3 Å². The van der Waals surface area contributed by atoms with Crippen molar-refractivity contribution in [1.82, 2.24) is 19.6 Å². The van der Waals surface area contributed by atoms with E-state index in [9.17, 15) is 4.79 Å². The highest BCUT2D eigenvalue weighted by Gasteiger charge is 2.20. The zero-order valence-electron chi connectivity index (χ0n) is 16.0. The highest BCUT2D eigenvalue weighted by Crippen LogP contribution is 2.28. The number of nitrogens with zero attached hydrogens (tertiary/aromatic N) is 4. The minimum atomic E-state index is -0.361. The predicted molar refractivity (Wildman–Crippen MR) is 122 cm³/mol. The van der Waals surface area contributed by atoms with Crippen molar-refractivity contribution in [2.45, 2.75) is 17.3 Å². The Labute approximate surface area is 181 Å². The maximum atomic E-state index is 12.8. The highest BCUT2D eigenvalue weighted by molar-refractivity contribution is 8.00. The topological polar surface area (TPSA) is 72.2 Å². The predicted octanol–water partition coefficient (Wildman–Crippen LogP) is 5.13. The van der Waals surface area contributed by atoms with Crippen molar-refractivity contribution in [1.29, 1.82) is 0 Å². The fourth-order valence-corrected chi connectivity index (χ4v) is 4.77. The third-order valence-corrected chi connectivity index (χ3v) is 6.50. The summed E-state index contributed by atoms with van der Waals surface area (Å²) in [4.78, 5) is 17.3. The maximum absolute atomic E-state index is 12.8. The smallest absolute Gasteiger partial charge is 0.239 e. The minimum absolute atomic E-state index is 0.119. The normalized spacial score (nSPS) is 12.3. The number of carbonyl (C=O) groups is 1. The van der Waals surface area contributed by atoms with Crippen LogP contribution in [0.4, 0.5) is 5.13 Å². The van der Waals surface area contributed by atoms with E-state index in [1.807, 2.05) is 83.4 Å². The summed E-state index contributed by atoms with van der Waals surface area (Å²) in [5, 5.41) is 15.4. The molecule has 0 saturated carbocycles. The van der Waals surface area contributed by atoms with Gasteiger partial charge in [0, 0.05) is 10.9 Å². The molecule has 5 rings (SSSR count). The molecule has 1 N–H and O–H groups in total. The van der Waals surface area contributed by atoms with E-state index in [-0.39, 0.29) is 11.2 Å². The number of hydrogen-bond donors (Lipinski definition) is 1. The molecule has 0 aliphatic rings. The Morgan fingerprint density at radius 1 is 1.03 bits per heavy atom. The average molecular weight is 432 g/mol.